The van der Waals surface area contributed by atoms with Gasteiger partial charge >= 0.3 is 17.6 Å². The number of aliphatic carboxylic acids is 1. The van der Waals surface area contributed by atoms with Crippen LogP contribution in [-0.4, -0.2) is 45.5 Å². The normalized spacial score (nSPS) is 20.7. The van der Waals surface area contributed by atoms with E-state index in [-0.39, 0.29) is 18.5 Å². The third kappa shape index (κ3) is 4.28. The van der Waals surface area contributed by atoms with Crippen LogP contribution < -0.4 is 16.0 Å². The van der Waals surface area contributed by atoms with Crippen molar-refractivity contribution >= 4 is 11.9 Å². The number of carbonyl (C=O) groups is 2. The van der Waals surface area contributed by atoms with Crippen molar-refractivity contribution in [2.24, 2.45) is 0 Å². The Morgan fingerprint density at radius 1 is 1.23 bits per heavy atom. The SMILES string of the molecule is COc1ccc(Cn2c(=O)c(C)cn([C@H]3C[C@H](OC(C)=O)[C@@H](C(=O)O)O3)c2=O)cc1. The van der Waals surface area contributed by atoms with E-state index in [4.69, 9.17) is 14.2 Å². The number of hydrogen-bond donors (Lipinski definition) is 1. The summed E-state index contributed by atoms with van der Waals surface area (Å²) in [5, 5.41) is 9.35. The maximum Gasteiger partial charge on any atom is 0.336 e. The van der Waals surface area contributed by atoms with Gasteiger partial charge in [0, 0.05) is 25.1 Å². The van der Waals surface area contributed by atoms with Gasteiger partial charge in [0.25, 0.3) is 5.56 Å². The molecule has 0 bridgehead atoms. The molecule has 10 heteroatoms. The maximum absolute atomic E-state index is 13.0. The second-order valence-corrected chi connectivity index (χ2v) is 6.97. The average molecular weight is 418 g/mol. The van der Waals surface area contributed by atoms with E-state index in [2.05, 4.69) is 0 Å². The lowest BCUT2D eigenvalue weighted by molar-refractivity contribution is -0.162. The molecule has 2 aromatic rings. The summed E-state index contributed by atoms with van der Waals surface area (Å²) < 4.78 is 17.8. The molecule has 0 aliphatic carbocycles. The van der Waals surface area contributed by atoms with E-state index in [0.29, 0.717) is 11.3 Å². The zero-order valence-electron chi connectivity index (χ0n) is 16.7. The molecule has 0 radical (unpaired) electrons. The molecule has 2 heterocycles. The lowest BCUT2D eigenvalue weighted by Gasteiger charge is -2.17. The fraction of sp³-hybridized carbons (Fsp3) is 0.400. The summed E-state index contributed by atoms with van der Waals surface area (Å²) in [6, 6.07) is 6.91. The highest BCUT2D eigenvalue weighted by Gasteiger charge is 2.43. The number of carboxylic acids is 1. The van der Waals surface area contributed by atoms with Crippen molar-refractivity contribution in [3.63, 3.8) is 0 Å². The van der Waals surface area contributed by atoms with Crippen LogP contribution in [0.5, 0.6) is 5.75 Å². The minimum atomic E-state index is -1.41. The fourth-order valence-electron chi connectivity index (χ4n) is 3.37. The largest absolute Gasteiger partial charge is 0.497 e. The first-order valence-electron chi connectivity index (χ1n) is 9.22. The van der Waals surface area contributed by atoms with Gasteiger partial charge in [0.05, 0.1) is 13.7 Å². The zero-order valence-corrected chi connectivity index (χ0v) is 16.7. The lowest BCUT2D eigenvalue weighted by atomic mass is 10.1. The molecule has 0 saturated carbocycles. The highest BCUT2D eigenvalue weighted by molar-refractivity contribution is 5.74. The molecule has 1 aliphatic rings. The second-order valence-electron chi connectivity index (χ2n) is 6.97. The molecular formula is C20H22N2O8. The molecule has 1 saturated heterocycles. The first kappa shape index (κ1) is 21.3. The molecule has 0 unspecified atom stereocenters. The number of aromatic nitrogens is 2. The Balaban J connectivity index is 1.96. The van der Waals surface area contributed by atoms with Crippen LogP contribution in [0.15, 0.2) is 40.1 Å². The number of benzene rings is 1. The molecule has 160 valence electrons. The van der Waals surface area contributed by atoms with Crippen molar-refractivity contribution in [3.05, 3.63) is 62.4 Å². The number of rotatable bonds is 6. The molecule has 1 fully saturated rings. The minimum Gasteiger partial charge on any atom is -0.497 e. The van der Waals surface area contributed by atoms with Crippen LogP contribution in [0.4, 0.5) is 0 Å². The van der Waals surface area contributed by atoms with Crippen molar-refractivity contribution in [3.8, 4) is 5.75 Å². The van der Waals surface area contributed by atoms with E-state index in [9.17, 15) is 24.3 Å². The van der Waals surface area contributed by atoms with E-state index in [1.54, 1.807) is 31.2 Å². The van der Waals surface area contributed by atoms with Crippen LogP contribution in [0, 0.1) is 6.92 Å². The predicted molar refractivity (Wildman–Crippen MR) is 104 cm³/mol. The van der Waals surface area contributed by atoms with Gasteiger partial charge < -0.3 is 19.3 Å². The first-order valence-corrected chi connectivity index (χ1v) is 9.22. The lowest BCUT2D eigenvalue weighted by Crippen LogP contribution is -2.42. The van der Waals surface area contributed by atoms with Crippen molar-refractivity contribution < 1.29 is 28.9 Å². The molecule has 30 heavy (non-hydrogen) atoms. The quantitative estimate of drug-likeness (QED) is 0.679. The van der Waals surface area contributed by atoms with Crippen LogP contribution in [-0.2, 0) is 25.6 Å². The molecule has 0 spiro atoms. The Hall–Kier alpha value is -3.40. The summed E-state index contributed by atoms with van der Waals surface area (Å²) in [6.45, 7) is 2.74. The number of carbonyl (C=O) groups excluding carboxylic acids is 1. The summed E-state index contributed by atoms with van der Waals surface area (Å²) in [6.07, 6.45) is -2.15. The van der Waals surface area contributed by atoms with Crippen molar-refractivity contribution in [1.29, 1.82) is 0 Å². The number of methoxy groups -OCH3 is 1. The summed E-state index contributed by atoms with van der Waals surface area (Å²) >= 11 is 0. The van der Waals surface area contributed by atoms with Crippen molar-refractivity contribution in [1.82, 2.24) is 9.13 Å². The number of carboxylic acid groups (broad SMARTS) is 1. The molecule has 10 nitrogen and oxygen atoms in total. The van der Waals surface area contributed by atoms with Gasteiger partial charge in [-0.15, -0.1) is 0 Å². The van der Waals surface area contributed by atoms with Gasteiger partial charge in [-0.2, -0.15) is 0 Å². The van der Waals surface area contributed by atoms with Crippen LogP contribution in [0.25, 0.3) is 0 Å². The molecular weight excluding hydrogens is 396 g/mol. The third-order valence-electron chi connectivity index (χ3n) is 4.81. The summed E-state index contributed by atoms with van der Waals surface area (Å²) in [7, 11) is 1.54. The zero-order chi connectivity index (χ0) is 22.0. The monoisotopic (exact) mass is 418 g/mol. The van der Waals surface area contributed by atoms with Gasteiger partial charge in [-0.05, 0) is 24.6 Å². The van der Waals surface area contributed by atoms with Gasteiger partial charge in [-0.25, -0.2) is 9.59 Å². The predicted octanol–water partition coefficient (Wildman–Crippen LogP) is 0.679. The molecule has 1 N–H and O–H groups in total. The van der Waals surface area contributed by atoms with Gasteiger partial charge in [0.2, 0.25) is 0 Å². The smallest absolute Gasteiger partial charge is 0.336 e. The first-order chi connectivity index (χ1) is 14.2. The van der Waals surface area contributed by atoms with Gasteiger partial charge in [-0.1, -0.05) is 12.1 Å². The van der Waals surface area contributed by atoms with Crippen LogP contribution in [0.1, 0.15) is 30.7 Å². The molecule has 3 atom stereocenters. The average Bonchev–Trinajstić information content (AvgIpc) is 3.11. The van der Waals surface area contributed by atoms with Gasteiger partial charge in [0.15, 0.2) is 6.10 Å². The highest BCUT2D eigenvalue weighted by atomic mass is 16.6. The van der Waals surface area contributed by atoms with Crippen molar-refractivity contribution in [2.75, 3.05) is 7.11 Å². The van der Waals surface area contributed by atoms with Crippen LogP contribution in [0.3, 0.4) is 0 Å². The Bertz CT molecular complexity index is 1070. The fourth-order valence-corrected chi connectivity index (χ4v) is 3.37. The highest BCUT2D eigenvalue weighted by Crippen LogP contribution is 2.30. The Morgan fingerprint density at radius 2 is 1.90 bits per heavy atom. The van der Waals surface area contributed by atoms with E-state index >= 15 is 0 Å². The van der Waals surface area contributed by atoms with E-state index in [1.165, 1.54) is 17.9 Å². The number of ether oxygens (including phenoxy) is 3. The maximum atomic E-state index is 13.0. The van der Waals surface area contributed by atoms with E-state index in [1.807, 2.05) is 0 Å². The third-order valence-corrected chi connectivity index (χ3v) is 4.81. The second kappa shape index (κ2) is 8.54. The Kier molecular flexibility index (Phi) is 6.06. The van der Waals surface area contributed by atoms with E-state index in [0.717, 1.165) is 11.5 Å². The van der Waals surface area contributed by atoms with Crippen molar-refractivity contribution in [2.45, 2.75) is 45.2 Å². The topological polar surface area (TPSA) is 126 Å². The van der Waals surface area contributed by atoms with Crippen LogP contribution in [0.2, 0.25) is 0 Å². The summed E-state index contributed by atoms with van der Waals surface area (Å²) in [4.78, 5) is 48.4. The summed E-state index contributed by atoms with van der Waals surface area (Å²) in [5.41, 5.74) is -0.120. The Morgan fingerprint density at radius 3 is 2.47 bits per heavy atom. The molecule has 1 aromatic heterocycles. The number of esters is 1. The van der Waals surface area contributed by atoms with Crippen LogP contribution >= 0.6 is 0 Å². The molecule has 0 amide bonds. The van der Waals surface area contributed by atoms with E-state index < -0.39 is 41.6 Å². The van der Waals surface area contributed by atoms with Gasteiger partial charge in [0.1, 0.15) is 18.1 Å². The van der Waals surface area contributed by atoms with Gasteiger partial charge in [-0.3, -0.25) is 18.7 Å². The minimum absolute atomic E-state index is 0.0196. The summed E-state index contributed by atoms with van der Waals surface area (Å²) in [5.74, 6) is -1.31. The molecule has 1 aromatic carbocycles. The molecule has 3 rings (SSSR count). The standard InChI is InChI=1S/C20H22N2O8/c1-11-9-21(16-8-15(29-12(2)23)17(30-16)19(25)26)20(27)22(18(11)24)10-13-4-6-14(28-3)7-5-13/h4-7,9,15-17H,8,10H2,1-3H3,(H,25,26)/t15-,16+,17-/m0/s1. The Labute approximate surface area is 171 Å². The molecule has 1 aliphatic heterocycles. The number of nitrogens with zero attached hydrogens (tertiary/aromatic N) is 2. The number of aryl methyl sites for hydroxylation is 1. The number of hydrogen-bond acceptors (Lipinski definition) is 7.